The van der Waals surface area contributed by atoms with Crippen LogP contribution in [0.5, 0.6) is 0 Å². The second-order valence-corrected chi connectivity index (χ2v) is 6.39. The third-order valence-electron chi connectivity index (χ3n) is 3.12. The van der Waals surface area contributed by atoms with Crippen molar-refractivity contribution >= 4 is 10.0 Å². The summed E-state index contributed by atoms with van der Waals surface area (Å²) in [5.41, 5.74) is -1.02. The molecule has 0 radical (unpaired) electrons. The molecule has 1 aliphatic heterocycles. The van der Waals surface area contributed by atoms with E-state index in [0.717, 1.165) is 18.2 Å². The lowest BCUT2D eigenvalue weighted by atomic mass is 10.2. The maximum Gasteiger partial charge on any atom is 0.416 e. The summed E-state index contributed by atoms with van der Waals surface area (Å²) in [7, 11) is -4.04. The Hall–Kier alpha value is -1.79. The van der Waals surface area contributed by atoms with Crippen molar-refractivity contribution in [2.24, 2.45) is 0 Å². The molecule has 21 heavy (non-hydrogen) atoms. The molecule has 0 aliphatic carbocycles. The van der Waals surface area contributed by atoms with Gasteiger partial charge in [-0.15, -0.1) is 0 Å². The fourth-order valence-electron chi connectivity index (χ4n) is 2.07. The quantitative estimate of drug-likeness (QED) is 0.858. The molecule has 0 saturated carbocycles. The second-order valence-electron chi connectivity index (χ2n) is 4.68. The Kier molecular flexibility index (Phi) is 4.11. The molecular formula is C12H12F3N3O2S. The van der Waals surface area contributed by atoms with Crippen molar-refractivity contribution < 1.29 is 21.6 Å². The number of hydrogen-bond acceptors (Lipinski definition) is 4. The van der Waals surface area contributed by atoms with E-state index in [9.17, 15) is 21.6 Å². The lowest BCUT2D eigenvalue weighted by molar-refractivity contribution is -0.137. The molecule has 1 aromatic carbocycles. The van der Waals surface area contributed by atoms with Crippen LogP contribution in [0.3, 0.4) is 0 Å². The number of sulfonamides is 1. The van der Waals surface area contributed by atoms with Gasteiger partial charge in [-0.2, -0.15) is 18.4 Å². The molecule has 1 heterocycles. The summed E-state index contributed by atoms with van der Waals surface area (Å²) in [6.45, 7) is 0.640. The molecule has 0 bridgehead atoms. The Bertz CT molecular complexity index is 667. The topological polar surface area (TPSA) is 73.2 Å². The predicted octanol–water partition coefficient (Wildman–Crippen LogP) is 1.54. The lowest BCUT2D eigenvalue weighted by Gasteiger charge is -2.14. The van der Waals surface area contributed by atoms with Crippen LogP contribution in [0.2, 0.25) is 0 Å². The fraction of sp³-hybridized carbons (Fsp3) is 0.417. The Morgan fingerprint density at radius 3 is 2.67 bits per heavy atom. The minimum atomic E-state index is -4.60. The zero-order chi connectivity index (χ0) is 15.7. The van der Waals surface area contributed by atoms with E-state index in [0.29, 0.717) is 19.0 Å². The highest BCUT2D eigenvalue weighted by Gasteiger charge is 2.32. The van der Waals surface area contributed by atoms with E-state index >= 15 is 0 Å². The molecule has 0 amide bonds. The molecule has 1 aromatic rings. The van der Waals surface area contributed by atoms with Gasteiger partial charge in [-0.25, -0.2) is 13.1 Å². The van der Waals surface area contributed by atoms with Gasteiger partial charge in [0.1, 0.15) is 0 Å². The minimum absolute atomic E-state index is 0.217. The first-order valence-corrected chi connectivity index (χ1v) is 7.55. The van der Waals surface area contributed by atoms with Crippen molar-refractivity contribution in [3.63, 3.8) is 0 Å². The number of nitrogens with zero attached hydrogens (tertiary/aromatic N) is 2. The smallest absolute Gasteiger partial charge is 0.309 e. The average Bonchev–Trinajstić information content (AvgIpc) is 2.85. The van der Waals surface area contributed by atoms with E-state index in [1.165, 1.54) is 4.90 Å². The summed E-state index contributed by atoms with van der Waals surface area (Å²) in [4.78, 5) is 0.951. The summed E-state index contributed by atoms with van der Waals surface area (Å²) < 4.78 is 64.3. The number of halogens is 3. The molecule has 1 N–H and O–H groups in total. The summed E-state index contributed by atoms with van der Waals surface area (Å²) >= 11 is 0. The molecule has 0 spiro atoms. The Balaban J connectivity index is 2.19. The van der Waals surface area contributed by atoms with Crippen LogP contribution in [0.1, 0.15) is 12.0 Å². The third-order valence-corrected chi connectivity index (χ3v) is 4.64. The number of rotatable bonds is 3. The zero-order valence-electron chi connectivity index (χ0n) is 10.8. The highest BCUT2D eigenvalue weighted by molar-refractivity contribution is 7.89. The molecule has 2 rings (SSSR count). The van der Waals surface area contributed by atoms with Crippen LogP contribution in [0.25, 0.3) is 0 Å². The molecule has 5 nitrogen and oxygen atoms in total. The van der Waals surface area contributed by atoms with E-state index in [1.54, 1.807) is 0 Å². The second kappa shape index (κ2) is 5.54. The molecule has 1 saturated heterocycles. The van der Waals surface area contributed by atoms with Crippen LogP contribution in [0.4, 0.5) is 13.2 Å². The SMILES string of the molecule is N#CN1CC[C@@H](NS(=O)(=O)c2cccc(C(F)(F)F)c2)C1. The van der Waals surface area contributed by atoms with Crippen molar-refractivity contribution in [2.45, 2.75) is 23.5 Å². The standard InChI is InChI=1S/C12H12F3N3O2S/c13-12(14,15)9-2-1-3-11(6-9)21(19,20)17-10-4-5-18(7-10)8-16/h1-3,6,10,17H,4-5,7H2/t10-/m1/s1. The summed E-state index contributed by atoms with van der Waals surface area (Å²) in [5, 5.41) is 8.70. The molecule has 1 aliphatic rings. The van der Waals surface area contributed by atoms with Crippen molar-refractivity contribution in [1.29, 1.82) is 5.26 Å². The zero-order valence-corrected chi connectivity index (χ0v) is 11.6. The number of alkyl halides is 3. The highest BCUT2D eigenvalue weighted by Crippen LogP contribution is 2.30. The maximum absolute atomic E-state index is 12.6. The molecule has 114 valence electrons. The average molecular weight is 319 g/mol. The van der Waals surface area contributed by atoms with Gasteiger partial charge < -0.3 is 4.90 Å². The van der Waals surface area contributed by atoms with Crippen molar-refractivity contribution in [3.8, 4) is 6.19 Å². The Morgan fingerprint density at radius 1 is 1.38 bits per heavy atom. The summed E-state index contributed by atoms with van der Waals surface area (Å²) in [6.07, 6.45) is -2.27. The number of likely N-dealkylation sites (tertiary alicyclic amines) is 1. The first kappa shape index (κ1) is 15.6. The van der Waals surface area contributed by atoms with Crippen LogP contribution < -0.4 is 4.72 Å². The molecule has 1 fully saturated rings. The van der Waals surface area contributed by atoms with E-state index in [2.05, 4.69) is 4.72 Å². The summed E-state index contributed by atoms with van der Waals surface area (Å²) in [5.74, 6) is 0. The minimum Gasteiger partial charge on any atom is -0.309 e. The van der Waals surface area contributed by atoms with Crippen molar-refractivity contribution in [2.75, 3.05) is 13.1 Å². The Morgan fingerprint density at radius 2 is 2.10 bits per heavy atom. The van der Waals surface area contributed by atoms with Crippen LogP contribution in [0.15, 0.2) is 29.2 Å². The van der Waals surface area contributed by atoms with Crippen molar-refractivity contribution in [1.82, 2.24) is 9.62 Å². The van der Waals surface area contributed by atoms with Crippen molar-refractivity contribution in [3.05, 3.63) is 29.8 Å². The lowest BCUT2D eigenvalue weighted by Crippen LogP contribution is -2.36. The predicted molar refractivity (Wildman–Crippen MR) is 67.4 cm³/mol. The number of benzene rings is 1. The van der Waals surface area contributed by atoms with Gasteiger partial charge in [0, 0.05) is 19.1 Å². The normalized spacial score (nSPS) is 19.5. The van der Waals surface area contributed by atoms with Crippen LogP contribution in [-0.2, 0) is 16.2 Å². The first-order chi connectivity index (χ1) is 9.72. The molecule has 0 aromatic heterocycles. The van der Waals surface area contributed by atoms with Crippen LogP contribution >= 0.6 is 0 Å². The molecule has 9 heteroatoms. The first-order valence-electron chi connectivity index (χ1n) is 6.06. The van der Waals surface area contributed by atoms with E-state index < -0.39 is 32.7 Å². The number of hydrogen-bond donors (Lipinski definition) is 1. The van der Waals surface area contributed by atoms with E-state index in [-0.39, 0.29) is 6.54 Å². The van der Waals surface area contributed by atoms with Gasteiger partial charge in [-0.1, -0.05) is 6.07 Å². The van der Waals surface area contributed by atoms with Gasteiger partial charge in [-0.05, 0) is 24.6 Å². The highest BCUT2D eigenvalue weighted by atomic mass is 32.2. The van der Waals surface area contributed by atoms with Gasteiger partial charge in [-0.3, -0.25) is 0 Å². The molecule has 1 atom stereocenters. The van der Waals surface area contributed by atoms with Gasteiger partial charge in [0.05, 0.1) is 10.5 Å². The molecular weight excluding hydrogens is 307 g/mol. The van der Waals surface area contributed by atoms with Crippen LogP contribution in [-0.4, -0.2) is 32.4 Å². The van der Waals surface area contributed by atoms with E-state index in [1.807, 2.05) is 6.19 Å². The number of nitrogens with one attached hydrogen (secondary N) is 1. The largest absolute Gasteiger partial charge is 0.416 e. The van der Waals surface area contributed by atoms with Crippen LogP contribution in [0, 0.1) is 11.5 Å². The van der Waals surface area contributed by atoms with Gasteiger partial charge >= 0.3 is 6.18 Å². The third kappa shape index (κ3) is 3.65. The van der Waals surface area contributed by atoms with E-state index in [4.69, 9.17) is 5.26 Å². The van der Waals surface area contributed by atoms with Gasteiger partial charge in [0.25, 0.3) is 0 Å². The monoisotopic (exact) mass is 319 g/mol. The summed E-state index contributed by atoms with van der Waals surface area (Å²) in [6, 6.07) is 3.08. The van der Waals surface area contributed by atoms with Gasteiger partial charge in [0.15, 0.2) is 6.19 Å². The maximum atomic E-state index is 12.6. The number of nitriles is 1. The molecule has 0 unspecified atom stereocenters. The van der Waals surface area contributed by atoms with Gasteiger partial charge in [0.2, 0.25) is 10.0 Å². The Labute approximate surface area is 120 Å². The fourth-order valence-corrected chi connectivity index (χ4v) is 3.38.